The molecular formula is C23H21N3O2. The molecule has 5 heteroatoms. The van der Waals surface area contributed by atoms with Crippen molar-refractivity contribution in [2.75, 3.05) is 0 Å². The Labute approximate surface area is 163 Å². The van der Waals surface area contributed by atoms with Crippen molar-refractivity contribution >= 4 is 18.0 Å². The summed E-state index contributed by atoms with van der Waals surface area (Å²) >= 11 is 0. The number of amides is 1. The highest BCUT2D eigenvalue weighted by Crippen LogP contribution is 2.11. The third-order valence-electron chi connectivity index (χ3n) is 4.30. The number of hydrogen-bond acceptors (Lipinski definition) is 3. The maximum atomic E-state index is 12.4. The van der Waals surface area contributed by atoms with Gasteiger partial charge < -0.3 is 11.1 Å². The molecular weight excluding hydrogens is 350 g/mol. The van der Waals surface area contributed by atoms with Gasteiger partial charge in [-0.15, -0.1) is 0 Å². The van der Waals surface area contributed by atoms with E-state index in [1.807, 2.05) is 42.5 Å². The van der Waals surface area contributed by atoms with Gasteiger partial charge in [0.1, 0.15) is 0 Å². The van der Waals surface area contributed by atoms with Gasteiger partial charge in [0.25, 0.3) is 5.91 Å². The number of rotatable bonds is 7. The molecule has 28 heavy (non-hydrogen) atoms. The molecule has 0 aromatic heterocycles. The van der Waals surface area contributed by atoms with Crippen LogP contribution in [0.3, 0.4) is 0 Å². The number of ketones is 1. The molecule has 0 saturated heterocycles. The molecule has 3 N–H and O–H groups in total. The van der Waals surface area contributed by atoms with Gasteiger partial charge >= 0.3 is 0 Å². The number of carbonyl (C=O) groups excluding carboxylic acids is 2. The summed E-state index contributed by atoms with van der Waals surface area (Å²) in [6, 6.07) is 23.7. The molecule has 0 spiro atoms. The van der Waals surface area contributed by atoms with E-state index >= 15 is 0 Å². The van der Waals surface area contributed by atoms with Crippen molar-refractivity contribution in [3.63, 3.8) is 0 Å². The van der Waals surface area contributed by atoms with Crippen molar-refractivity contribution in [2.24, 2.45) is 10.7 Å². The average molecular weight is 371 g/mol. The van der Waals surface area contributed by atoms with Crippen molar-refractivity contribution in [3.8, 4) is 0 Å². The Bertz CT molecular complexity index is 963. The third kappa shape index (κ3) is 4.92. The number of nitrogens with one attached hydrogen (secondary N) is 1. The minimum atomic E-state index is -0.154. The number of carbonyl (C=O) groups is 2. The first-order valence-corrected chi connectivity index (χ1v) is 8.93. The van der Waals surface area contributed by atoms with Crippen LogP contribution in [0, 0.1) is 0 Å². The quantitative estimate of drug-likeness (QED) is 0.379. The molecule has 0 heterocycles. The smallest absolute Gasteiger partial charge is 0.251 e. The van der Waals surface area contributed by atoms with E-state index in [-0.39, 0.29) is 11.7 Å². The van der Waals surface area contributed by atoms with Gasteiger partial charge in [0.15, 0.2) is 5.78 Å². The summed E-state index contributed by atoms with van der Waals surface area (Å²) in [5, 5.41) is 2.88. The lowest BCUT2D eigenvalue weighted by Crippen LogP contribution is -2.22. The number of hydrogen-bond donors (Lipinski definition) is 2. The summed E-state index contributed by atoms with van der Waals surface area (Å²) in [4.78, 5) is 28.7. The van der Waals surface area contributed by atoms with E-state index in [9.17, 15) is 9.59 Å². The third-order valence-corrected chi connectivity index (χ3v) is 4.30. The molecule has 1 amide bonds. The molecule has 5 nitrogen and oxygen atoms in total. The van der Waals surface area contributed by atoms with Crippen LogP contribution in [0.15, 0.2) is 83.9 Å². The Hall–Kier alpha value is -3.73. The molecule has 3 aromatic rings. The monoisotopic (exact) mass is 371 g/mol. The number of nitrogens with zero attached hydrogens (tertiary/aromatic N) is 1. The maximum absolute atomic E-state index is 12.4. The van der Waals surface area contributed by atoms with Crippen LogP contribution < -0.4 is 11.1 Å². The summed E-state index contributed by atoms with van der Waals surface area (Å²) < 4.78 is 0. The van der Waals surface area contributed by atoms with Crippen LogP contribution in [-0.2, 0) is 13.1 Å². The number of benzene rings is 3. The second kappa shape index (κ2) is 9.28. The fraction of sp³-hybridized carbons (Fsp3) is 0.0870. The first kappa shape index (κ1) is 19.0. The largest absolute Gasteiger partial charge is 0.390 e. The van der Waals surface area contributed by atoms with Crippen LogP contribution in [0.1, 0.15) is 37.4 Å². The normalized spacial score (nSPS) is 10.7. The molecule has 0 aliphatic rings. The van der Waals surface area contributed by atoms with Crippen LogP contribution in [0.2, 0.25) is 0 Å². The predicted octanol–water partition coefficient (Wildman–Crippen LogP) is 3.33. The summed E-state index contributed by atoms with van der Waals surface area (Å²) in [5.74, 6) is -0.173. The molecule has 0 aliphatic carbocycles. The first-order valence-electron chi connectivity index (χ1n) is 8.93. The average Bonchev–Trinajstić information content (AvgIpc) is 2.77. The van der Waals surface area contributed by atoms with E-state index in [2.05, 4.69) is 10.3 Å². The van der Waals surface area contributed by atoms with E-state index in [4.69, 9.17) is 5.73 Å². The minimum absolute atomic E-state index is 0.0183. The summed E-state index contributed by atoms with van der Waals surface area (Å²) in [6.45, 7) is 0.879. The molecule has 0 fully saturated rings. The Morgan fingerprint density at radius 3 is 2.00 bits per heavy atom. The molecule has 0 unspecified atom stereocenters. The zero-order chi connectivity index (χ0) is 19.8. The Morgan fingerprint density at radius 2 is 1.36 bits per heavy atom. The fourth-order valence-corrected chi connectivity index (χ4v) is 2.73. The summed E-state index contributed by atoms with van der Waals surface area (Å²) in [6.07, 6.45) is 1.26. The summed E-state index contributed by atoms with van der Waals surface area (Å²) in [5.41, 5.74) is 9.00. The fourth-order valence-electron chi connectivity index (χ4n) is 2.73. The van der Waals surface area contributed by atoms with Gasteiger partial charge in [0.05, 0.1) is 12.9 Å². The SMILES string of the molecule is NC=NCc1ccc(C(=O)NCc2ccc(C(=O)c3ccccc3)cc2)cc1. The van der Waals surface area contributed by atoms with Crippen molar-refractivity contribution in [3.05, 3.63) is 107 Å². The standard InChI is InChI=1S/C23H21N3O2/c24-16-25-14-17-8-12-21(13-9-17)23(28)26-15-18-6-10-20(11-7-18)22(27)19-4-2-1-3-5-19/h1-13,16H,14-15H2,(H2,24,25)(H,26,28). The predicted molar refractivity (Wildman–Crippen MR) is 110 cm³/mol. The molecule has 0 atom stereocenters. The molecule has 0 bridgehead atoms. The van der Waals surface area contributed by atoms with E-state index in [1.165, 1.54) is 6.34 Å². The van der Waals surface area contributed by atoms with Gasteiger partial charge in [-0.3, -0.25) is 14.6 Å². The lowest BCUT2D eigenvalue weighted by molar-refractivity contribution is 0.0950. The highest BCUT2D eigenvalue weighted by atomic mass is 16.1. The van der Waals surface area contributed by atoms with Crippen molar-refractivity contribution in [1.82, 2.24) is 5.32 Å². The highest BCUT2D eigenvalue weighted by Gasteiger charge is 2.09. The van der Waals surface area contributed by atoms with E-state index in [0.717, 1.165) is 11.1 Å². The van der Waals surface area contributed by atoms with Gasteiger partial charge in [-0.25, -0.2) is 0 Å². The Balaban J connectivity index is 1.57. The van der Waals surface area contributed by atoms with Crippen LogP contribution in [-0.4, -0.2) is 18.0 Å². The maximum Gasteiger partial charge on any atom is 0.251 e. The lowest BCUT2D eigenvalue weighted by Gasteiger charge is -2.07. The van der Waals surface area contributed by atoms with Crippen molar-refractivity contribution < 1.29 is 9.59 Å². The van der Waals surface area contributed by atoms with Crippen molar-refractivity contribution in [1.29, 1.82) is 0 Å². The molecule has 0 saturated carbocycles. The lowest BCUT2D eigenvalue weighted by atomic mass is 10.0. The topological polar surface area (TPSA) is 84.5 Å². The van der Waals surface area contributed by atoms with E-state index < -0.39 is 0 Å². The second-order valence-corrected chi connectivity index (χ2v) is 6.26. The molecule has 0 radical (unpaired) electrons. The van der Waals surface area contributed by atoms with Gasteiger partial charge in [-0.05, 0) is 23.3 Å². The highest BCUT2D eigenvalue weighted by molar-refractivity contribution is 6.08. The summed E-state index contributed by atoms with van der Waals surface area (Å²) in [7, 11) is 0. The molecule has 3 aromatic carbocycles. The molecule has 3 rings (SSSR count). The van der Waals surface area contributed by atoms with Gasteiger partial charge in [-0.1, -0.05) is 66.7 Å². The van der Waals surface area contributed by atoms with Gasteiger partial charge in [0.2, 0.25) is 0 Å². The van der Waals surface area contributed by atoms with E-state index in [1.54, 1.807) is 36.4 Å². The second-order valence-electron chi connectivity index (χ2n) is 6.26. The zero-order valence-corrected chi connectivity index (χ0v) is 15.3. The van der Waals surface area contributed by atoms with Gasteiger partial charge in [-0.2, -0.15) is 0 Å². The minimum Gasteiger partial charge on any atom is -0.390 e. The molecule has 140 valence electrons. The van der Waals surface area contributed by atoms with Gasteiger partial charge in [0, 0.05) is 23.2 Å². The Kier molecular flexibility index (Phi) is 6.31. The Morgan fingerprint density at radius 1 is 0.786 bits per heavy atom. The van der Waals surface area contributed by atoms with Crippen LogP contribution in [0.4, 0.5) is 0 Å². The van der Waals surface area contributed by atoms with Crippen LogP contribution in [0.5, 0.6) is 0 Å². The van der Waals surface area contributed by atoms with Crippen LogP contribution >= 0.6 is 0 Å². The number of aliphatic imine (C=N–C) groups is 1. The van der Waals surface area contributed by atoms with Crippen LogP contribution in [0.25, 0.3) is 0 Å². The first-order chi connectivity index (χ1) is 13.7. The van der Waals surface area contributed by atoms with E-state index in [0.29, 0.717) is 29.8 Å². The number of nitrogens with two attached hydrogens (primary N) is 1. The zero-order valence-electron chi connectivity index (χ0n) is 15.3. The molecule has 0 aliphatic heterocycles. The van der Waals surface area contributed by atoms with Crippen molar-refractivity contribution in [2.45, 2.75) is 13.1 Å².